The first-order valence-corrected chi connectivity index (χ1v) is 7.65. The van der Waals surface area contributed by atoms with E-state index in [-0.39, 0.29) is 17.7 Å². The molecule has 0 aliphatic heterocycles. The molecule has 1 aliphatic rings. The molecule has 1 amide bonds. The van der Waals surface area contributed by atoms with Gasteiger partial charge >= 0.3 is 0 Å². The van der Waals surface area contributed by atoms with Crippen molar-refractivity contribution in [3.8, 4) is 10.8 Å². The molecule has 0 unspecified atom stereocenters. The van der Waals surface area contributed by atoms with Crippen molar-refractivity contribution in [2.75, 3.05) is 0 Å². The Balaban J connectivity index is 1.64. The van der Waals surface area contributed by atoms with Crippen LogP contribution in [0.15, 0.2) is 16.7 Å². The van der Waals surface area contributed by atoms with E-state index in [1.54, 1.807) is 11.3 Å². The maximum atomic E-state index is 11.6. The second-order valence-corrected chi connectivity index (χ2v) is 6.54. The van der Waals surface area contributed by atoms with Crippen LogP contribution >= 0.6 is 11.3 Å². The monoisotopic (exact) mass is 291 g/mol. The van der Waals surface area contributed by atoms with Crippen LogP contribution in [0.5, 0.6) is 0 Å². The molecule has 2 heterocycles. The molecule has 2 aromatic heterocycles. The maximum absolute atomic E-state index is 11.6. The Morgan fingerprint density at radius 3 is 2.95 bits per heavy atom. The van der Waals surface area contributed by atoms with Crippen molar-refractivity contribution in [3.05, 3.63) is 22.8 Å². The number of rotatable bonds is 5. The summed E-state index contributed by atoms with van der Waals surface area (Å²) in [6.07, 6.45) is 2.06. The Bertz CT molecular complexity index is 613. The van der Waals surface area contributed by atoms with Gasteiger partial charge in [-0.1, -0.05) is 19.0 Å². The standard InChI is InChI=1S/C14H17N3O2S/c1-8(2)12-16-14(19-17-12)11-6-5-10(20-11)7-15-13(18)9-3-4-9/h5-6,8-9H,3-4,7H2,1-2H3,(H,15,18). The molecule has 0 radical (unpaired) electrons. The molecule has 0 aromatic carbocycles. The summed E-state index contributed by atoms with van der Waals surface area (Å²) in [6.45, 7) is 4.63. The number of aromatic nitrogens is 2. The summed E-state index contributed by atoms with van der Waals surface area (Å²) in [7, 11) is 0. The van der Waals surface area contributed by atoms with Gasteiger partial charge in [-0.2, -0.15) is 4.98 Å². The highest BCUT2D eigenvalue weighted by atomic mass is 32.1. The van der Waals surface area contributed by atoms with Crippen molar-refractivity contribution >= 4 is 17.2 Å². The van der Waals surface area contributed by atoms with E-state index in [0.29, 0.717) is 12.4 Å². The third-order valence-electron chi connectivity index (χ3n) is 3.22. The highest BCUT2D eigenvalue weighted by Gasteiger charge is 2.29. The zero-order valence-corrected chi connectivity index (χ0v) is 12.4. The molecule has 1 saturated carbocycles. The van der Waals surface area contributed by atoms with Gasteiger partial charge in [0.2, 0.25) is 5.91 Å². The Labute approximate surface area is 121 Å². The number of hydrogen-bond donors (Lipinski definition) is 1. The van der Waals surface area contributed by atoms with Crippen LogP contribution in [0.3, 0.4) is 0 Å². The molecule has 2 aromatic rings. The van der Waals surface area contributed by atoms with E-state index in [1.165, 1.54) is 0 Å². The van der Waals surface area contributed by atoms with E-state index >= 15 is 0 Å². The summed E-state index contributed by atoms with van der Waals surface area (Å²) in [5, 5.41) is 6.91. The van der Waals surface area contributed by atoms with Crippen LogP contribution in [0.1, 0.15) is 43.3 Å². The van der Waals surface area contributed by atoms with E-state index < -0.39 is 0 Å². The van der Waals surface area contributed by atoms with Crippen LogP contribution in [0.4, 0.5) is 0 Å². The lowest BCUT2D eigenvalue weighted by atomic mass is 10.2. The SMILES string of the molecule is CC(C)c1noc(-c2ccc(CNC(=O)C3CC3)s2)n1. The molecule has 0 saturated heterocycles. The Kier molecular flexibility index (Phi) is 3.56. The van der Waals surface area contributed by atoms with E-state index in [9.17, 15) is 4.79 Å². The fraction of sp³-hybridized carbons (Fsp3) is 0.500. The first-order chi connectivity index (χ1) is 9.63. The molecule has 20 heavy (non-hydrogen) atoms. The molecule has 106 valence electrons. The first kappa shape index (κ1) is 13.3. The summed E-state index contributed by atoms with van der Waals surface area (Å²) in [5.41, 5.74) is 0. The lowest BCUT2D eigenvalue weighted by Crippen LogP contribution is -2.23. The molecule has 0 spiro atoms. The van der Waals surface area contributed by atoms with Gasteiger partial charge in [-0.3, -0.25) is 4.79 Å². The topological polar surface area (TPSA) is 68.0 Å². The highest BCUT2D eigenvalue weighted by Crippen LogP contribution is 2.30. The van der Waals surface area contributed by atoms with Crippen molar-refractivity contribution in [2.45, 2.75) is 39.2 Å². The van der Waals surface area contributed by atoms with Crippen LogP contribution in [-0.2, 0) is 11.3 Å². The molecular weight excluding hydrogens is 274 g/mol. The fourth-order valence-electron chi connectivity index (χ4n) is 1.82. The van der Waals surface area contributed by atoms with Crippen LogP contribution < -0.4 is 5.32 Å². The third-order valence-corrected chi connectivity index (χ3v) is 4.29. The van der Waals surface area contributed by atoms with Crippen LogP contribution in [-0.4, -0.2) is 16.0 Å². The maximum Gasteiger partial charge on any atom is 0.268 e. The normalized spacial score (nSPS) is 14.8. The minimum absolute atomic E-state index is 0.167. The van der Waals surface area contributed by atoms with Crippen LogP contribution in [0, 0.1) is 5.92 Å². The van der Waals surface area contributed by atoms with Gasteiger partial charge in [0.25, 0.3) is 5.89 Å². The number of hydrogen-bond acceptors (Lipinski definition) is 5. The molecule has 1 aliphatic carbocycles. The molecule has 0 bridgehead atoms. The van der Waals surface area contributed by atoms with Gasteiger partial charge in [-0.05, 0) is 25.0 Å². The number of nitrogens with one attached hydrogen (secondary N) is 1. The Morgan fingerprint density at radius 1 is 1.50 bits per heavy atom. The predicted octanol–water partition coefficient (Wildman–Crippen LogP) is 2.95. The minimum atomic E-state index is 0.167. The lowest BCUT2D eigenvalue weighted by Gasteiger charge is -2.00. The van der Waals surface area contributed by atoms with Crippen molar-refractivity contribution in [1.82, 2.24) is 15.5 Å². The largest absolute Gasteiger partial charge is 0.351 e. The molecule has 5 nitrogen and oxygen atoms in total. The van der Waals surface area contributed by atoms with Crippen molar-refractivity contribution in [2.24, 2.45) is 5.92 Å². The highest BCUT2D eigenvalue weighted by molar-refractivity contribution is 7.15. The summed E-state index contributed by atoms with van der Waals surface area (Å²) in [6, 6.07) is 3.95. The average molecular weight is 291 g/mol. The second-order valence-electron chi connectivity index (χ2n) is 5.37. The van der Waals surface area contributed by atoms with E-state index in [0.717, 1.165) is 28.4 Å². The molecule has 1 N–H and O–H groups in total. The van der Waals surface area contributed by atoms with Crippen LogP contribution in [0.2, 0.25) is 0 Å². The summed E-state index contributed by atoms with van der Waals surface area (Å²) in [4.78, 5) is 18.0. The fourth-order valence-corrected chi connectivity index (χ4v) is 2.69. The molecular formula is C14H17N3O2S. The van der Waals surface area contributed by atoms with Gasteiger partial charge < -0.3 is 9.84 Å². The van der Waals surface area contributed by atoms with E-state index in [2.05, 4.69) is 15.5 Å². The van der Waals surface area contributed by atoms with Gasteiger partial charge in [-0.25, -0.2) is 0 Å². The number of nitrogens with zero attached hydrogens (tertiary/aromatic N) is 2. The second kappa shape index (κ2) is 5.36. The lowest BCUT2D eigenvalue weighted by molar-refractivity contribution is -0.122. The quantitative estimate of drug-likeness (QED) is 0.919. The zero-order chi connectivity index (χ0) is 14.1. The van der Waals surface area contributed by atoms with Crippen molar-refractivity contribution in [3.63, 3.8) is 0 Å². The van der Waals surface area contributed by atoms with Gasteiger partial charge in [0, 0.05) is 16.7 Å². The number of carbonyl (C=O) groups excluding carboxylic acids is 1. The summed E-state index contributed by atoms with van der Waals surface area (Å²) < 4.78 is 5.26. The number of thiophene rings is 1. The molecule has 3 rings (SSSR count). The van der Waals surface area contributed by atoms with Gasteiger partial charge in [0.05, 0.1) is 11.4 Å². The van der Waals surface area contributed by atoms with Crippen molar-refractivity contribution < 1.29 is 9.32 Å². The first-order valence-electron chi connectivity index (χ1n) is 6.84. The average Bonchev–Trinajstić information content (AvgIpc) is 2.98. The van der Waals surface area contributed by atoms with Crippen molar-refractivity contribution in [1.29, 1.82) is 0 Å². The van der Waals surface area contributed by atoms with Gasteiger partial charge in [0.1, 0.15) is 0 Å². The van der Waals surface area contributed by atoms with Crippen LogP contribution in [0.25, 0.3) is 10.8 Å². The Hall–Kier alpha value is -1.69. The third kappa shape index (κ3) is 2.90. The van der Waals surface area contributed by atoms with Gasteiger partial charge in [-0.15, -0.1) is 11.3 Å². The summed E-state index contributed by atoms with van der Waals surface area (Å²) >= 11 is 1.57. The Morgan fingerprint density at radius 2 is 2.30 bits per heavy atom. The van der Waals surface area contributed by atoms with E-state index in [4.69, 9.17) is 4.52 Å². The van der Waals surface area contributed by atoms with E-state index in [1.807, 2.05) is 26.0 Å². The van der Waals surface area contributed by atoms with Gasteiger partial charge in [0.15, 0.2) is 5.82 Å². The predicted molar refractivity (Wildman–Crippen MR) is 76.3 cm³/mol. The smallest absolute Gasteiger partial charge is 0.268 e. The molecule has 1 fully saturated rings. The number of carbonyl (C=O) groups is 1. The zero-order valence-electron chi connectivity index (χ0n) is 11.5. The summed E-state index contributed by atoms with van der Waals surface area (Å²) in [5.74, 6) is 1.94. The molecule has 0 atom stereocenters. The minimum Gasteiger partial charge on any atom is -0.351 e. The molecule has 6 heteroatoms. The number of amides is 1.